The second-order valence-electron chi connectivity index (χ2n) is 3.91. The van der Waals surface area contributed by atoms with E-state index in [9.17, 15) is 9.59 Å². The molecule has 0 saturated carbocycles. The summed E-state index contributed by atoms with van der Waals surface area (Å²) < 4.78 is 0. The summed E-state index contributed by atoms with van der Waals surface area (Å²) in [7, 11) is 0. The Kier molecular flexibility index (Phi) is 5.10. The molecule has 1 rings (SSSR count). The molecule has 0 bridgehead atoms. The minimum Gasteiger partial charge on any atom is -0.481 e. The van der Waals surface area contributed by atoms with Gasteiger partial charge in [0, 0.05) is 17.6 Å². The summed E-state index contributed by atoms with van der Waals surface area (Å²) in [5, 5.41) is 9.16. The maximum Gasteiger partial charge on any atom is 0.306 e. The van der Waals surface area contributed by atoms with Crippen molar-refractivity contribution in [1.29, 1.82) is 0 Å². The highest BCUT2D eigenvalue weighted by Gasteiger charge is 2.13. The van der Waals surface area contributed by atoms with Crippen LogP contribution in [0.5, 0.6) is 0 Å². The van der Waals surface area contributed by atoms with Crippen molar-refractivity contribution in [3.63, 3.8) is 0 Å². The molecule has 1 heterocycles. The van der Waals surface area contributed by atoms with Crippen LogP contribution in [0.2, 0.25) is 5.02 Å². The van der Waals surface area contributed by atoms with Gasteiger partial charge < -0.3 is 5.11 Å². The van der Waals surface area contributed by atoms with Crippen LogP contribution in [0.25, 0.3) is 0 Å². The average molecular weight is 256 g/mol. The van der Waals surface area contributed by atoms with E-state index in [1.807, 2.05) is 0 Å². The molecule has 1 atom stereocenters. The third-order valence-corrected chi connectivity index (χ3v) is 2.71. The zero-order valence-electron chi connectivity index (χ0n) is 9.52. The molecule has 1 aromatic rings. The van der Waals surface area contributed by atoms with Crippen LogP contribution in [-0.4, -0.2) is 21.8 Å². The van der Waals surface area contributed by atoms with Gasteiger partial charge in [-0.1, -0.05) is 18.5 Å². The van der Waals surface area contributed by atoms with Crippen molar-refractivity contribution >= 4 is 23.4 Å². The molecule has 0 aromatic carbocycles. The van der Waals surface area contributed by atoms with Gasteiger partial charge in [-0.3, -0.25) is 14.6 Å². The zero-order chi connectivity index (χ0) is 12.8. The fourth-order valence-electron chi connectivity index (χ4n) is 1.38. The lowest BCUT2D eigenvalue weighted by Crippen LogP contribution is -2.10. The van der Waals surface area contributed by atoms with E-state index >= 15 is 0 Å². The van der Waals surface area contributed by atoms with Crippen LogP contribution in [0.1, 0.15) is 36.7 Å². The number of hydrogen-bond acceptors (Lipinski definition) is 3. The summed E-state index contributed by atoms with van der Waals surface area (Å²) in [6, 6.07) is 3.12. The Balaban J connectivity index is 2.43. The number of carboxylic acid groups (broad SMARTS) is 1. The molecule has 0 saturated heterocycles. The minimum atomic E-state index is -0.835. The molecule has 1 aromatic heterocycles. The standard InChI is InChI=1S/C12H14ClNO3/c1-8(12(16)17)3-2-4-11(15)10-7-9(13)5-6-14-10/h5-8H,2-4H2,1H3,(H,16,17)/t8-/m1/s1. The zero-order valence-corrected chi connectivity index (χ0v) is 10.3. The number of pyridine rings is 1. The fraction of sp³-hybridized carbons (Fsp3) is 0.417. The highest BCUT2D eigenvalue weighted by atomic mass is 35.5. The molecule has 17 heavy (non-hydrogen) atoms. The van der Waals surface area contributed by atoms with Gasteiger partial charge in [0.25, 0.3) is 0 Å². The molecular formula is C12H14ClNO3. The van der Waals surface area contributed by atoms with Gasteiger partial charge in [0.2, 0.25) is 0 Å². The number of halogens is 1. The topological polar surface area (TPSA) is 67.3 Å². The van der Waals surface area contributed by atoms with E-state index in [4.69, 9.17) is 16.7 Å². The van der Waals surface area contributed by atoms with Gasteiger partial charge >= 0.3 is 5.97 Å². The summed E-state index contributed by atoms with van der Waals surface area (Å²) in [5.41, 5.74) is 0.334. The lowest BCUT2D eigenvalue weighted by atomic mass is 10.0. The number of carbonyl (C=O) groups is 2. The summed E-state index contributed by atoms with van der Waals surface area (Å²) in [5.74, 6) is -1.36. The second-order valence-corrected chi connectivity index (χ2v) is 4.35. The van der Waals surface area contributed by atoms with Crippen molar-refractivity contribution in [2.45, 2.75) is 26.2 Å². The first-order valence-electron chi connectivity index (χ1n) is 5.38. The molecule has 0 unspecified atom stereocenters. The van der Waals surface area contributed by atoms with E-state index in [1.165, 1.54) is 12.3 Å². The Morgan fingerprint density at radius 1 is 1.53 bits per heavy atom. The summed E-state index contributed by atoms with van der Waals surface area (Å²) in [6.07, 6.45) is 2.81. The van der Waals surface area contributed by atoms with Gasteiger partial charge in [0.1, 0.15) is 5.69 Å². The number of nitrogens with zero attached hydrogens (tertiary/aromatic N) is 1. The van der Waals surface area contributed by atoms with Crippen molar-refractivity contribution in [3.8, 4) is 0 Å². The lowest BCUT2D eigenvalue weighted by Gasteiger charge is -2.05. The van der Waals surface area contributed by atoms with Crippen LogP contribution in [0, 0.1) is 5.92 Å². The van der Waals surface area contributed by atoms with Crippen molar-refractivity contribution in [3.05, 3.63) is 29.0 Å². The quantitative estimate of drug-likeness (QED) is 0.794. The number of carbonyl (C=O) groups excluding carboxylic acids is 1. The van der Waals surface area contributed by atoms with Gasteiger partial charge in [-0.25, -0.2) is 0 Å². The van der Waals surface area contributed by atoms with E-state index in [0.717, 1.165) is 0 Å². The van der Waals surface area contributed by atoms with Crippen LogP contribution in [0.4, 0.5) is 0 Å². The third-order valence-electron chi connectivity index (χ3n) is 2.47. The molecule has 1 N–H and O–H groups in total. The van der Waals surface area contributed by atoms with Crippen molar-refractivity contribution in [2.75, 3.05) is 0 Å². The maximum absolute atomic E-state index is 11.7. The number of carboxylic acids is 1. The lowest BCUT2D eigenvalue weighted by molar-refractivity contribution is -0.141. The first kappa shape index (κ1) is 13.6. The Hall–Kier alpha value is -1.42. The van der Waals surface area contributed by atoms with E-state index < -0.39 is 11.9 Å². The monoisotopic (exact) mass is 255 g/mol. The molecule has 0 aliphatic rings. The molecule has 5 heteroatoms. The van der Waals surface area contributed by atoms with Crippen LogP contribution in [-0.2, 0) is 4.79 Å². The van der Waals surface area contributed by atoms with Crippen LogP contribution < -0.4 is 0 Å². The Morgan fingerprint density at radius 3 is 2.82 bits per heavy atom. The fourth-order valence-corrected chi connectivity index (χ4v) is 1.54. The van der Waals surface area contributed by atoms with E-state index in [1.54, 1.807) is 13.0 Å². The number of rotatable bonds is 6. The van der Waals surface area contributed by atoms with E-state index in [0.29, 0.717) is 30.0 Å². The van der Waals surface area contributed by atoms with Crippen LogP contribution >= 0.6 is 11.6 Å². The van der Waals surface area contributed by atoms with Crippen molar-refractivity contribution < 1.29 is 14.7 Å². The van der Waals surface area contributed by atoms with Gasteiger partial charge in [0.05, 0.1) is 5.92 Å². The van der Waals surface area contributed by atoms with Gasteiger partial charge in [-0.15, -0.1) is 0 Å². The second kappa shape index (κ2) is 6.35. The summed E-state index contributed by atoms with van der Waals surface area (Å²) in [6.45, 7) is 1.63. The molecule has 92 valence electrons. The Labute approximate surface area is 105 Å². The molecule has 0 aliphatic carbocycles. The Bertz CT molecular complexity index is 420. The SMILES string of the molecule is C[C@H](CCCC(=O)c1cc(Cl)ccn1)C(=O)O. The smallest absolute Gasteiger partial charge is 0.306 e. The first-order chi connectivity index (χ1) is 8.00. The predicted molar refractivity (Wildman–Crippen MR) is 64.2 cm³/mol. The number of Topliss-reactive ketones (excluding diaryl/α,β-unsaturated/α-hetero) is 1. The number of aromatic nitrogens is 1. The highest BCUT2D eigenvalue weighted by molar-refractivity contribution is 6.30. The van der Waals surface area contributed by atoms with Gasteiger partial charge in [-0.05, 0) is 25.0 Å². The first-order valence-corrected chi connectivity index (χ1v) is 5.76. The highest BCUT2D eigenvalue weighted by Crippen LogP contribution is 2.13. The molecule has 0 amide bonds. The third kappa shape index (κ3) is 4.53. The summed E-state index contributed by atoms with van der Waals surface area (Å²) >= 11 is 5.75. The van der Waals surface area contributed by atoms with Crippen LogP contribution in [0.15, 0.2) is 18.3 Å². The number of aliphatic carboxylic acids is 1. The predicted octanol–water partition coefficient (Wildman–Crippen LogP) is 2.81. The largest absolute Gasteiger partial charge is 0.481 e. The van der Waals surface area contributed by atoms with Crippen LogP contribution in [0.3, 0.4) is 0 Å². The van der Waals surface area contributed by atoms with Crippen molar-refractivity contribution in [2.24, 2.45) is 5.92 Å². The number of ketones is 1. The van der Waals surface area contributed by atoms with Crippen molar-refractivity contribution in [1.82, 2.24) is 4.98 Å². The molecule has 0 radical (unpaired) electrons. The minimum absolute atomic E-state index is 0.106. The number of hydrogen-bond donors (Lipinski definition) is 1. The Morgan fingerprint density at radius 2 is 2.24 bits per heavy atom. The summed E-state index contributed by atoms with van der Waals surface area (Å²) in [4.78, 5) is 26.2. The normalized spacial score (nSPS) is 12.1. The van der Waals surface area contributed by atoms with Gasteiger partial charge in [-0.2, -0.15) is 0 Å². The van der Waals surface area contributed by atoms with E-state index in [-0.39, 0.29) is 5.78 Å². The molecule has 4 nitrogen and oxygen atoms in total. The molecule has 0 fully saturated rings. The molecular weight excluding hydrogens is 242 g/mol. The maximum atomic E-state index is 11.7. The molecule has 0 spiro atoms. The van der Waals surface area contributed by atoms with E-state index in [2.05, 4.69) is 4.98 Å². The molecule has 0 aliphatic heterocycles. The van der Waals surface area contributed by atoms with Gasteiger partial charge in [0.15, 0.2) is 5.78 Å². The average Bonchev–Trinajstić information content (AvgIpc) is 2.28.